The number of nitrogens with zero attached hydrogens (tertiary/aromatic N) is 1. The number of hydrogen-bond donors (Lipinski definition) is 1. The number of carbonyl (C=O) groups is 2. The van der Waals surface area contributed by atoms with Crippen molar-refractivity contribution in [3.8, 4) is 10.4 Å². The van der Waals surface area contributed by atoms with Gasteiger partial charge in [-0.1, -0.05) is 30.3 Å². The van der Waals surface area contributed by atoms with Crippen molar-refractivity contribution in [1.82, 2.24) is 10.2 Å². The van der Waals surface area contributed by atoms with Crippen molar-refractivity contribution >= 4 is 22.9 Å². The Hall–Kier alpha value is -2.24. The molecule has 1 aliphatic rings. The lowest BCUT2D eigenvalue weighted by Gasteiger charge is -2.21. The molecule has 0 bridgehead atoms. The average molecular weight is 369 g/mol. The summed E-state index contributed by atoms with van der Waals surface area (Å²) in [6, 6.07) is 14.3. The molecular weight excluding hydrogens is 344 g/mol. The summed E-state index contributed by atoms with van der Waals surface area (Å²) in [5.74, 6) is -0.118. The lowest BCUT2D eigenvalue weighted by atomic mass is 9.83. The van der Waals surface area contributed by atoms with Crippen LogP contribution in [0, 0.1) is 0 Å². The van der Waals surface area contributed by atoms with E-state index in [0.29, 0.717) is 25.0 Å². The van der Waals surface area contributed by atoms with Crippen LogP contribution in [-0.4, -0.2) is 43.7 Å². The first-order chi connectivity index (χ1) is 12.5. The molecule has 0 spiro atoms. The standard InChI is InChI=1S/C21H24N2O2S/c1-23(2)11-10-22-14-17-18(24)12-16(13-19(17)25)21-9-8-20(26-21)15-6-4-3-5-7-15/h3-9,14,16,22H,10-13H2,1-2H3. The van der Waals surface area contributed by atoms with Crippen LogP contribution in [0.25, 0.3) is 10.4 Å². The minimum atomic E-state index is -0.0572. The lowest BCUT2D eigenvalue weighted by Crippen LogP contribution is -2.28. The van der Waals surface area contributed by atoms with Gasteiger partial charge >= 0.3 is 0 Å². The summed E-state index contributed by atoms with van der Waals surface area (Å²) in [6.07, 6.45) is 2.41. The zero-order valence-corrected chi connectivity index (χ0v) is 16.0. The molecule has 0 radical (unpaired) electrons. The Labute approximate surface area is 158 Å². The first-order valence-electron chi connectivity index (χ1n) is 8.84. The number of allylic oxidation sites excluding steroid dienone is 1. The lowest BCUT2D eigenvalue weighted by molar-refractivity contribution is -0.124. The molecule has 1 heterocycles. The fourth-order valence-corrected chi connectivity index (χ4v) is 4.16. The molecular formula is C21H24N2O2S. The van der Waals surface area contributed by atoms with Crippen LogP contribution < -0.4 is 5.32 Å². The predicted molar refractivity (Wildman–Crippen MR) is 106 cm³/mol. The van der Waals surface area contributed by atoms with E-state index in [1.165, 1.54) is 10.4 Å². The number of hydrogen-bond acceptors (Lipinski definition) is 5. The minimum Gasteiger partial charge on any atom is -0.389 e. The third-order valence-electron chi connectivity index (χ3n) is 4.50. The second-order valence-corrected chi connectivity index (χ2v) is 7.95. The van der Waals surface area contributed by atoms with Crippen LogP contribution in [0.1, 0.15) is 23.6 Å². The number of thiophene rings is 1. The summed E-state index contributed by atoms with van der Waals surface area (Å²) >= 11 is 1.68. The van der Waals surface area contributed by atoms with Crippen molar-refractivity contribution in [2.24, 2.45) is 0 Å². The second-order valence-electron chi connectivity index (χ2n) is 6.83. The summed E-state index contributed by atoms with van der Waals surface area (Å²) in [5, 5.41) is 3.08. The largest absolute Gasteiger partial charge is 0.389 e. The van der Waals surface area contributed by atoms with Crippen molar-refractivity contribution < 1.29 is 9.59 Å². The first kappa shape index (κ1) is 18.5. The molecule has 0 atom stereocenters. The molecule has 3 rings (SSSR count). The Morgan fingerprint density at radius 1 is 1.08 bits per heavy atom. The number of Topliss-reactive ketones (excluding diaryl/α,β-unsaturated/α-hetero) is 2. The molecule has 1 N–H and O–H groups in total. The summed E-state index contributed by atoms with van der Waals surface area (Å²) in [4.78, 5) is 29.3. The van der Waals surface area contributed by atoms with Gasteiger partial charge in [0.2, 0.25) is 0 Å². The average Bonchev–Trinajstić information content (AvgIpc) is 3.11. The van der Waals surface area contributed by atoms with Crippen molar-refractivity contribution in [3.05, 3.63) is 59.1 Å². The van der Waals surface area contributed by atoms with Crippen LogP contribution in [0.15, 0.2) is 54.2 Å². The molecule has 1 aliphatic carbocycles. The maximum Gasteiger partial charge on any atom is 0.168 e. The molecule has 5 heteroatoms. The van der Waals surface area contributed by atoms with E-state index in [1.54, 1.807) is 17.5 Å². The van der Waals surface area contributed by atoms with E-state index in [2.05, 4.69) is 29.6 Å². The highest BCUT2D eigenvalue weighted by Crippen LogP contribution is 2.38. The molecule has 1 fully saturated rings. The van der Waals surface area contributed by atoms with Gasteiger partial charge in [-0.25, -0.2) is 0 Å². The molecule has 4 nitrogen and oxygen atoms in total. The molecule has 26 heavy (non-hydrogen) atoms. The van der Waals surface area contributed by atoms with E-state index in [0.717, 1.165) is 11.4 Å². The molecule has 0 unspecified atom stereocenters. The van der Waals surface area contributed by atoms with E-state index >= 15 is 0 Å². The number of benzene rings is 1. The SMILES string of the molecule is CN(C)CCNC=C1C(=O)CC(c2ccc(-c3ccccc3)s2)CC1=O. The number of rotatable bonds is 6. The van der Waals surface area contributed by atoms with Crippen LogP contribution in [0.4, 0.5) is 0 Å². The summed E-state index contributed by atoms with van der Waals surface area (Å²) in [5.41, 5.74) is 1.49. The molecule has 2 aromatic rings. The summed E-state index contributed by atoms with van der Waals surface area (Å²) in [6.45, 7) is 1.57. The van der Waals surface area contributed by atoms with Gasteiger partial charge in [0.1, 0.15) is 0 Å². The van der Waals surface area contributed by atoms with Gasteiger partial charge in [0.15, 0.2) is 11.6 Å². The van der Waals surface area contributed by atoms with E-state index in [-0.39, 0.29) is 17.5 Å². The van der Waals surface area contributed by atoms with Gasteiger partial charge in [0, 0.05) is 47.8 Å². The van der Waals surface area contributed by atoms with Gasteiger partial charge in [0.25, 0.3) is 0 Å². The number of carbonyl (C=O) groups excluding carboxylic acids is 2. The van der Waals surface area contributed by atoms with Crippen LogP contribution in [-0.2, 0) is 9.59 Å². The molecule has 1 saturated carbocycles. The minimum absolute atomic E-state index is 0.00335. The van der Waals surface area contributed by atoms with Gasteiger partial charge < -0.3 is 10.2 Å². The van der Waals surface area contributed by atoms with E-state index in [4.69, 9.17) is 0 Å². The fraction of sp³-hybridized carbons (Fsp3) is 0.333. The van der Waals surface area contributed by atoms with Crippen molar-refractivity contribution in [2.75, 3.05) is 27.2 Å². The van der Waals surface area contributed by atoms with Crippen LogP contribution in [0.3, 0.4) is 0 Å². The number of nitrogens with one attached hydrogen (secondary N) is 1. The number of ketones is 2. The second kappa shape index (κ2) is 8.43. The molecule has 1 aromatic carbocycles. The molecule has 136 valence electrons. The summed E-state index contributed by atoms with van der Waals surface area (Å²) in [7, 11) is 3.97. The third kappa shape index (κ3) is 4.48. The van der Waals surface area contributed by atoms with E-state index < -0.39 is 0 Å². The number of likely N-dealkylation sites (N-methyl/N-ethyl adjacent to an activating group) is 1. The quantitative estimate of drug-likeness (QED) is 0.482. The van der Waals surface area contributed by atoms with Gasteiger partial charge in [0.05, 0.1) is 5.57 Å². The highest BCUT2D eigenvalue weighted by atomic mass is 32.1. The molecule has 1 aromatic heterocycles. The molecule has 0 saturated heterocycles. The van der Waals surface area contributed by atoms with Gasteiger partial charge in [-0.05, 0) is 31.8 Å². The third-order valence-corrected chi connectivity index (χ3v) is 5.80. The highest BCUT2D eigenvalue weighted by molar-refractivity contribution is 7.15. The Morgan fingerprint density at radius 2 is 1.77 bits per heavy atom. The first-order valence-corrected chi connectivity index (χ1v) is 9.66. The predicted octanol–water partition coefficient (Wildman–Crippen LogP) is 3.47. The maximum atomic E-state index is 12.5. The topological polar surface area (TPSA) is 49.4 Å². The smallest absolute Gasteiger partial charge is 0.168 e. The Kier molecular flexibility index (Phi) is 6.01. The maximum absolute atomic E-state index is 12.5. The van der Waals surface area contributed by atoms with Gasteiger partial charge in [-0.2, -0.15) is 0 Å². The summed E-state index contributed by atoms with van der Waals surface area (Å²) < 4.78 is 0. The molecule has 0 aliphatic heterocycles. The van der Waals surface area contributed by atoms with Crippen LogP contribution >= 0.6 is 11.3 Å². The zero-order chi connectivity index (χ0) is 18.5. The van der Waals surface area contributed by atoms with E-state index in [1.807, 2.05) is 37.2 Å². The van der Waals surface area contributed by atoms with Crippen molar-refractivity contribution in [3.63, 3.8) is 0 Å². The zero-order valence-electron chi connectivity index (χ0n) is 15.2. The highest BCUT2D eigenvalue weighted by Gasteiger charge is 2.32. The van der Waals surface area contributed by atoms with Gasteiger partial charge in [-0.3, -0.25) is 9.59 Å². The Morgan fingerprint density at radius 3 is 2.42 bits per heavy atom. The van der Waals surface area contributed by atoms with Gasteiger partial charge in [-0.15, -0.1) is 11.3 Å². The molecule has 0 amide bonds. The van der Waals surface area contributed by atoms with Crippen LogP contribution in [0.2, 0.25) is 0 Å². The van der Waals surface area contributed by atoms with Crippen molar-refractivity contribution in [1.29, 1.82) is 0 Å². The normalized spacial score (nSPS) is 17.7. The Balaban J connectivity index is 1.66. The van der Waals surface area contributed by atoms with Crippen molar-refractivity contribution in [2.45, 2.75) is 18.8 Å². The fourth-order valence-electron chi connectivity index (χ4n) is 3.05. The van der Waals surface area contributed by atoms with E-state index in [9.17, 15) is 9.59 Å². The van der Waals surface area contributed by atoms with Crippen LogP contribution in [0.5, 0.6) is 0 Å². The Bertz CT molecular complexity index is 788. The monoisotopic (exact) mass is 368 g/mol.